The number of rotatable bonds is 5. The number of para-hydroxylation sites is 1. The van der Waals surface area contributed by atoms with Gasteiger partial charge in [-0.2, -0.15) is 0 Å². The normalized spacial score (nSPS) is 26.7. The molecule has 1 amide bonds. The van der Waals surface area contributed by atoms with E-state index < -0.39 is 0 Å². The standard InChI is InChI=1S/C27H33N3O3/c31-25-11-13-27(21-7-2-1-3-8-21,12-10-24(25)30-14-16-33-17-15-30)19-28-26(32)23-18-20-6-4-5-9-22(20)29-23/h1-9,18,24-25,29,31H,10-17,19H2,(H,28,32)/t24-,25-,27-/m1/s1. The summed E-state index contributed by atoms with van der Waals surface area (Å²) in [6, 6.07) is 20.5. The third kappa shape index (κ3) is 4.69. The maximum absolute atomic E-state index is 13.1. The van der Waals surface area contributed by atoms with Gasteiger partial charge in [-0.15, -0.1) is 0 Å². The Kier molecular flexibility index (Phi) is 6.49. The average Bonchev–Trinajstić information content (AvgIpc) is 3.23. The minimum Gasteiger partial charge on any atom is -0.391 e. The number of nitrogens with zero attached hydrogens (tertiary/aromatic N) is 1. The lowest BCUT2D eigenvalue weighted by atomic mass is 9.74. The predicted octanol–water partition coefficient (Wildman–Crippen LogP) is 3.47. The van der Waals surface area contributed by atoms with Crippen molar-refractivity contribution < 1.29 is 14.6 Å². The Balaban J connectivity index is 1.36. The molecule has 2 fully saturated rings. The molecule has 1 saturated carbocycles. The molecule has 0 spiro atoms. The Labute approximate surface area is 194 Å². The zero-order valence-electron chi connectivity index (χ0n) is 19.0. The van der Waals surface area contributed by atoms with E-state index in [0.29, 0.717) is 12.2 Å². The lowest BCUT2D eigenvalue weighted by molar-refractivity contribution is -0.0236. The third-order valence-corrected chi connectivity index (χ3v) is 7.54. The van der Waals surface area contributed by atoms with Crippen LogP contribution in [0, 0.1) is 0 Å². The molecule has 3 atom stereocenters. The molecule has 1 aliphatic heterocycles. The largest absolute Gasteiger partial charge is 0.391 e. The summed E-state index contributed by atoms with van der Waals surface area (Å²) < 4.78 is 5.52. The molecule has 1 saturated heterocycles. The summed E-state index contributed by atoms with van der Waals surface area (Å²) in [4.78, 5) is 18.7. The van der Waals surface area contributed by atoms with Gasteiger partial charge in [0.2, 0.25) is 0 Å². The van der Waals surface area contributed by atoms with Crippen LogP contribution in [-0.2, 0) is 10.2 Å². The van der Waals surface area contributed by atoms with Gasteiger partial charge in [0.1, 0.15) is 5.69 Å². The Morgan fingerprint density at radius 3 is 2.58 bits per heavy atom. The van der Waals surface area contributed by atoms with Crippen LogP contribution in [0.3, 0.4) is 0 Å². The molecule has 0 unspecified atom stereocenters. The first-order valence-electron chi connectivity index (χ1n) is 12.1. The number of nitrogens with one attached hydrogen (secondary N) is 2. The van der Waals surface area contributed by atoms with Crippen LogP contribution in [0.15, 0.2) is 60.7 Å². The zero-order valence-corrected chi connectivity index (χ0v) is 19.0. The molecule has 2 aromatic carbocycles. The molecular weight excluding hydrogens is 414 g/mol. The fraction of sp³-hybridized carbons (Fsp3) is 0.444. The lowest BCUT2D eigenvalue weighted by Crippen LogP contribution is -2.48. The Hall–Kier alpha value is -2.67. The molecule has 0 bridgehead atoms. The molecular formula is C27H33N3O3. The van der Waals surface area contributed by atoms with Gasteiger partial charge < -0.3 is 20.1 Å². The van der Waals surface area contributed by atoms with Crippen molar-refractivity contribution in [1.82, 2.24) is 15.2 Å². The smallest absolute Gasteiger partial charge is 0.267 e. The van der Waals surface area contributed by atoms with Gasteiger partial charge in [0, 0.05) is 42.0 Å². The van der Waals surface area contributed by atoms with Crippen LogP contribution < -0.4 is 5.32 Å². The van der Waals surface area contributed by atoms with Crippen molar-refractivity contribution in [1.29, 1.82) is 0 Å². The number of aliphatic hydroxyl groups excluding tert-OH is 1. The first kappa shape index (κ1) is 22.1. The molecule has 3 N–H and O–H groups in total. The molecule has 1 aliphatic carbocycles. The van der Waals surface area contributed by atoms with E-state index in [2.05, 4.69) is 39.5 Å². The van der Waals surface area contributed by atoms with Crippen molar-refractivity contribution in [3.63, 3.8) is 0 Å². The highest BCUT2D eigenvalue weighted by Gasteiger charge is 2.40. The van der Waals surface area contributed by atoms with Crippen molar-refractivity contribution in [3.05, 3.63) is 71.9 Å². The van der Waals surface area contributed by atoms with Gasteiger partial charge in [-0.3, -0.25) is 9.69 Å². The number of morpholine rings is 1. The fourth-order valence-electron chi connectivity index (χ4n) is 5.59. The minimum atomic E-state index is -0.363. The number of carbonyl (C=O) groups excluding carboxylic acids is 1. The first-order valence-corrected chi connectivity index (χ1v) is 12.1. The summed E-state index contributed by atoms with van der Waals surface area (Å²) in [7, 11) is 0. The molecule has 6 nitrogen and oxygen atoms in total. The van der Waals surface area contributed by atoms with Crippen LogP contribution in [0.1, 0.15) is 41.7 Å². The van der Waals surface area contributed by atoms with Crippen LogP contribution in [0.5, 0.6) is 0 Å². The number of amides is 1. The van der Waals surface area contributed by atoms with Crippen molar-refractivity contribution in [2.24, 2.45) is 0 Å². The summed E-state index contributed by atoms with van der Waals surface area (Å²) in [6.45, 7) is 3.75. The van der Waals surface area contributed by atoms with Crippen LogP contribution in [-0.4, -0.2) is 65.9 Å². The topological polar surface area (TPSA) is 77.6 Å². The van der Waals surface area contributed by atoms with Crippen molar-refractivity contribution in [2.75, 3.05) is 32.8 Å². The summed E-state index contributed by atoms with van der Waals surface area (Å²) in [6.07, 6.45) is 3.02. The molecule has 174 valence electrons. The van der Waals surface area contributed by atoms with Crippen LogP contribution >= 0.6 is 0 Å². The van der Waals surface area contributed by atoms with E-state index in [9.17, 15) is 9.90 Å². The maximum atomic E-state index is 13.1. The zero-order chi connectivity index (χ0) is 22.7. The fourth-order valence-corrected chi connectivity index (χ4v) is 5.59. The van der Waals surface area contributed by atoms with Gasteiger partial charge in [0.15, 0.2) is 0 Å². The number of fused-ring (bicyclic) bond motifs is 1. The summed E-state index contributed by atoms with van der Waals surface area (Å²) >= 11 is 0. The highest BCUT2D eigenvalue weighted by molar-refractivity contribution is 5.98. The van der Waals surface area contributed by atoms with E-state index in [-0.39, 0.29) is 23.5 Å². The van der Waals surface area contributed by atoms with E-state index in [4.69, 9.17) is 4.74 Å². The van der Waals surface area contributed by atoms with E-state index in [1.165, 1.54) is 5.56 Å². The van der Waals surface area contributed by atoms with Crippen molar-refractivity contribution in [2.45, 2.75) is 43.2 Å². The quantitative estimate of drug-likeness (QED) is 0.524. The Morgan fingerprint density at radius 2 is 1.79 bits per heavy atom. The van der Waals surface area contributed by atoms with Crippen molar-refractivity contribution >= 4 is 16.8 Å². The van der Waals surface area contributed by atoms with E-state index in [0.717, 1.165) is 62.9 Å². The molecule has 2 heterocycles. The van der Waals surface area contributed by atoms with Crippen LogP contribution in [0.4, 0.5) is 0 Å². The number of hydrogen-bond acceptors (Lipinski definition) is 4. The molecule has 0 radical (unpaired) electrons. The molecule has 2 aliphatic rings. The average molecular weight is 448 g/mol. The lowest BCUT2D eigenvalue weighted by Gasteiger charge is -2.37. The first-order chi connectivity index (χ1) is 16.1. The maximum Gasteiger partial charge on any atom is 0.267 e. The second kappa shape index (κ2) is 9.67. The predicted molar refractivity (Wildman–Crippen MR) is 129 cm³/mol. The van der Waals surface area contributed by atoms with Crippen molar-refractivity contribution in [3.8, 4) is 0 Å². The SMILES string of the molecule is O=C(NC[C@]1(c2ccccc2)CC[C@@H](O)[C@H](N2CCOCC2)CC1)c1cc2ccccc2[nH]1. The molecule has 5 rings (SSSR count). The van der Waals surface area contributed by atoms with Gasteiger partial charge in [-0.05, 0) is 43.4 Å². The number of aromatic nitrogens is 1. The van der Waals surface area contributed by atoms with Crippen LogP contribution in [0.25, 0.3) is 10.9 Å². The Bertz CT molecular complexity index is 1040. The highest BCUT2D eigenvalue weighted by atomic mass is 16.5. The van der Waals surface area contributed by atoms with Gasteiger partial charge in [-0.25, -0.2) is 0 Å². The Morgan fingerprint density at radius 1 is 1.06 bits per heavy atom. The van der Waals surface area contributed by atoms with Gasteiger partial charge in [-0.1, -0.05) is 48.5 Å². The monoisotopic (exact) mass is 447 g/mol. The van der Waals surface area contributed by atoms with Gasteiger partial charge in [0.05, 0.1) is 19.3 Å². The van der Waals surface area contributed by atoms with Crippen LogP contribution in [0.2, 0.25) is 0 Å². The van der Waals surface area contributed by atoms with E-state index in [1.807, 2.05) is 36.4 Å². The molecule has 1 aromatic heterocycles. The minimum absolute atomic E-state index is 0.0870. The number of carbonyl (C=O) groups is 1. The number of ether oxygens (including phenoxy) is 1. The van der Waals surface area contributed by atoms with Gasteiger partial charge in [0.25, 0.3) is 5.91 Å². The number of aliphatic hydroxyl groups is 1. The molecule has 3 aromatic rings. The molecule has 33 heavy (non-hydrogen) atoms. The number of aromatic amines is 1. The molecule has 6 heteroatoms. The number of benzene rings is 2. The summed E-state index contributed by atoms with van der Waals surface area (Å²) in [5, 5.41) is 15.3. The second-order valence-corrected chi connectivity index (χ2v) is 9.46. The van der Waals surface area contributed by atoms with Gasteiger partial charge >= 0.3 is 0 Å². The number of hydrogen-bond donors (Lipinski definition) is 3. The number of H-pyrrole nitrogens is 1. The van der Waals surface area contributed by atoms with E-state index >= 15 is 0 Å². The summed E-state index contributed by atoms with van der Waals surface area (Å²) in [5.41, 5.74) is 2.58. The second-order valence-electron chi connectivity index (χ2n) is 9.46. The van der Waals surface area contributed by atoms with E-state index in [1.54, 1.807) is 0 Å². The highest BCUT2D eigenvalue weighted by Crippen LogP contribution is 2.39. The third-order valence-electron chi connectivity index (χ3n) is 7.54. The summed E-state index contributed by atoms with van der Waals surface area (Å²) in [5.74, 6) is -0.0870.